The maximum Gasteiger partial charge on any atom is 0.276 e. The molecule has 1 aliphatic heterocycles. The van der Waals surface area contributed by atoms with Crippen LogP contribution in [0.2, 0.25) is 0 Å². The third kappa shape index (κ3) is 3.38. The van der Waals surface area contributed by atoms with Gasteiger partial charge < -0.3 is 5.32 Å². The Labute approximate surface area is 139 Å². The van der Waals surface area contributed by atoms with E-state index in [1.165, 1.54) is 10.7 Å². The zero-order valence-electron chi connectivity index (χ0n) is 13.1. The Morgan fingerprint density at radius 1 is 1.29 bits per heavy atom. The lowest BCUT2D eigenvalue weighted by Crippen LogP contribution is -2.39. The number of nitrogens with zero attached hydrogens (tertiary/aromatic N) is 2. The van der Waals surface area contributed by atoms with Gasteiger partial charge in [-0.05, 0) is 25.5 Å². The smallest absolute Gasteiger partial charge is 0.276 e. The molecule has 1 amide bonds. The summed E-state index contributed by atoms with van der Waals surface area (Å²) in [5.41, 5.74) is 0.602. The summed E-state index contributed by atoms with van der Waals surface area (Å²) in [5, 5.41) is 6.76. The van der Waals surface area contributed by atoms with Crippen LogP contribution in [0.5, 0.6) is 0 Å². The zero-order valence-corrected chi connectivity index (χ0v) is 13.9. The van der Waals surface area contributed by atoms with Crippen LogP contribution >= 0.6 is 0 Å². The van der Waals surface area contributed by atoms with Crippen molar-refractivity contribution in [3.05, 3.63) is 58.0 Å². The molecule has 8 heteroatoms. The number of sulfone groups is 1. The number of carbonyl (C=O) groups excluding carboxylic acids is 1. The minimum atomic E-state index is -3.11. The van der Waals surface area contributed by atoms with Crippen LogP contribution in [0.4, 0.5) is 0 Å². The van der Waals surface area contributed by atoms with Crippen LogP contribution in [0.3, 0.4) is 0 Å². The Kier molecular flexibility index (Phi) is 4.23. The molecule has 24 heavy (non-hydrogen) atoms. The van der Waals surface area contributed by atoms with E-state index >= 15 is 0 Å². The summed E-state index contributed by atoms with van der Waals surface area (Å²) in [6, 6.07) is 10.0. The number of nitrogens with one attached hydrogen (secondary N) is 1. The first-order valence-corrected chi connectivity index (χ1v) is 9.35. The Balaban J connectivity index is 1.91. The molecule has 2 heterocycles. The van der Waals surface area contributed by atoms with Crippen molar-refractivity contribution in [3.63, 3.8) is 0 Å². The predicted molar refractivity (Wildman–Crippen MR) is 89.1 cm³/mol. The van der Waals surface area contributed by atoms with Gasteiger partial charge >= 0.3 is 0 Å². The lowest BCUT2D eigenvalue weighted by molar-refractivity contribution is 0.0933. The van der Waals surface area contributed by atoms with Crippen molar-refractivity contribution in [2.45, 2.75) is 19.4 Å². The molecule has 0 radical (unpaired) electrons. The Hall–Kier alpha value is -2.48. The average Bonchev–Trinajstić information content (AvgIpc) is 2.87. The van der Waals surface area contributed by atoms with Crippen molar-refractivity contribution in [2.24, 2.45) is 0 Å². The van der Waals surface area contributed by atoms with Crippen LogP contribution in [-0.4, -0.2) is 41.7 Å². The number of benzene rings is 1. The Bertz CT molecular complexity index is 936. The second-order valence-electron chi connectivity index (χ2n) is 5.82. The first-order chi connectivity index (χ1) is 11.4. The lowest BCUT2D eigenvalue weighted by Gasteiger charge is -2.13. The fourth-order valence-corrected chi connectivity index (χ4v) is 4.37. The largest absolute Gasteiger partial charge is 0.347 e. The molecule has 1 aromatic carbocycles. The molecule has 1 N–H and O–H groups in total. The Morgan fingerprint density at radius 2 is 2.00 bits per heavy atom. The number of hydrogen-bond donors (Lipinski definition) is 1. The van der Waals surface area contributed by atoms with E-state index in [1.807, 2.05) is 30.3 Å². The number of hydrogen-bond acceptors (Lipinski definition) is 5. The summed E-state index contributed by atoms with van der Waals surface area (Å²) >= 11 is 0. The third-order valence-electron chi connectivity index (χ3n) is 3.89. The van der Waals surface area contributed by atoms with Crippen molar-refractivity contribution in [1.29, 1.82) is 0 Å². The van der Waals surface area contributed by atoms with Crippen molar-refractivity contribution in [3.8, 4) is 5.69 Å². The SMILES string of the molecule is Cc1cc(=O)c(C(=O)NC2CCS(=O)(=O)C2)nn1-c1ccccc1. The molecule has 3 rings (SSSR count). The van der Waals surface area contributed by atoms with Crippen LogP contribution < -0.4 is 10.7 Å². The van der Waals surface area contributed by atoms with Gasteiger partial charge in [0.2, 0.25) is 5.43 Å². The molecule has 126 valence electrons. The minimum Gasteiger partial charge on any atom is -0.347 e. The number of carbonyl (C=O) groups is 1. The van der Waals surface area contributed by atoms with E-state index in [4.69, 9.17) is 0 Å². The second-order valence-corrected chi connectivity index (χ2v) is 8.05. The summed E-state index contributed by atoms with van der Waals surface area (Å²) in [4.78, 5) is 24.5. The summed E-state index contributed by atoms with van der Waals surface area (Å²) in [6.07, 6.45) is 0.354. The minimum absolute atomic E-state index is 0.0491. The van der Waals surface area contributed by atoms with E-state index in [2.05, 4.69) is 10.4 Å². The first-order valence-electron chi connectivity index (χ1n) is 7.53. The fourth-order valence-electron chi connectivity index (χ4n) is 2.70. The maximum absolute atomic E-state index is 12.3. The van der Waals surface area contributed by atoms with Gasteiger partial charge in [0.05, 0.1) is 17.2 Å². The van der Waals surface area contributed by atoms with Gasteiger partial charge in [-0.25, -0.2) is 13.1 Å². The molecule has 1 unspecified atom stereocenters. The molecule has 1 aliphatic rings. The van der Waals surface area contributed by atoms with Gasteiger partial charge in [0.15, 0.2) is 15.5 Å². The third-order valence-corrected chi connectivity index (χ3v) is 5.66. The van der Waals surface area contributed by atoms with Crippen LogP contribution in [-0.2, 0) is 9.84 Å². The molecule has 2 aromatic rings. The molecular weight excluding hydrogens is 330 g/mol. The molecule has 0 spiro atoms. The van der Waals surface area contributed by atoms with Gasteiger partial charge in [-0.2, -0.15) is 5.10 Å². The van der Waals surface area contributed by atoms with E-state index in [9.17, 15) is 18.0 Å². The monoisotopic (exact) mass is 347 g/mol. The van der Waals surface area contributed by atoms with Gasteiger partial charge in [-0.1, -0.05) is 18.2 Å². The number of rotatable bonds is 3. The molecule has 0 aliphatic carbocycles. The van der Waals surface area contributed by atoms with E-state index < -0.39 is 27.2 Å². The van der Waals surface area contributed by atoms with Crippen LogP contribution in [0.15, 0.2) is 41.2 Å². The molecule has 7 nitrogen and oxygen atoms in total. The zero-order chi connectivity index (χ0) is 17.3. The van der Waals surface area contributed by atoms with Gasteiger partial charge in [-0.3, -0.25) is 9.59 Å². The highest BCUT2D eigenvalue weighted by atomic mass is 32.2. The van der Waals surface area contributed by atoms with Crippen molar-refractivity contribution < 1.29 is 13.2 Å². The number of aromatic nitrogens is 2. The molecule has 1 saturated heterocycles. The van der Waals surface area contributed by atoms with Crippen molar-refractivity contribution in [2.75, 3.05) is 11.5 Å². The number of para-hydroxylation sites is 1. The summed E-state index contributed by atoms with van der Waals surface area (Å²) in [7, 11) is -3.11. The highest BCUT2D eigenvalue weighted by Gasteiger charge is 2.30. The normalized spacial score (nSPS) is 19.1. The van der Waals surface area contributed by atoms with Crippen LogP contribution in [0.1, 0.15) is 22.6 Å². The molecular formula is C16H17N3O4S. The molecule has 1 aromatic heterocycles. The average molecular weight is 347 g/mol. The summed E-state index contributed by atoms with van der Waals surface area (Å²) in [6.45, 7) is 1.73. The number of amides is 1. The van der Waals surface area contributed by atoms with Gasteiger partial charge in [0.1, 0.15) is 0 Å². The first kappa shape index (κ1) is 16.4. The highest BCUT2D eigenvalue weighted by Crippen LogP contribution is 2.12. The van der Waals surface area contributed by atoms with Gasteiger partial charge in [-0.15, -0.1) is 0 Å². The van der Waals surface area contributed by atoms with Crippen molar-refractivity contribution >= 4 is 15.7 Å². The highest BCUT2D eigenvalue weighted by molar-refractivity contribution is 7.91. The van der Waals surface area contributed by atoms with Gasteiger partial charge in [0, 0.05) is 17.8 Å². The fraction of sp³-hybridized carbons (Fsp3) is 0.312. The molecule has 0 saturated carbocycles. The standard InChI is InChI=1S/C16H17N3O4S/c1-11-9-14(20)15(18-19(11)13-5-3-2-4-6-13)16(21)17-12-7-8-24(22,23)10-12/h2-6,9,12H,7-8,10H2,1H3,(H,17,21). The summed E-state index contributed by atoms with van der Waals surface area (Å²) in [5.74, 6) is -0.697. The Morgan fingerprint density at radius 3 is 2.62 bits per heavy atom. The van der Waals surface area contributed by atoms with Crippen LogP contribution in [0.25, 0.3) is 5.69 Å². The maximum atomic E-state index is 12.3. The number of aryl methyl sites for hydroxylation is 1. The second kappa shape index (κ2) is 6.20. The lowest BCUT2D eigenvalue weighted by atomic mass is 10.2. The molecule has 0 bridgehead atoms. The van der Waals surface area contributed by atoms with E-state index in [-0.39, 0.29) is 17.2 Å². The predicted octanol–water partition coefficient (Wildman–Crippen LogP) is 0.458. The summed E-state index contributed by atoms with van der Waals surface area (Å²) < 4.78 is 24.5. The molecule has 1 atom stereocenters. The van der Waals surface area contributed by atoms with Crippen molar-refractivity contribution in [1.82, 2.24) is 15.1 Å². The molecule has 1 fully saturated rings. The topological polar surface area (TPSA) is 98.1 Å². The quantitative estimate of drug-likeness (QED) is 0.870. The van der Waals surface area contributed by atoms with Crippen LogP contribution in [0, 0.1) is 6.92 Å². The van der Waals surface area contributed by atoms with E-state index in [0.29, 0.717) is 12.1 Å². The van der Waals surface area contributed by atoms with Gasteiger partial charge in [0.25, 0.3) is 5.91 Å². The van der Waals surface area contributed by atoms with E-state index in [1.54, 1.807) is 6.92 Å². The van der Waals surface area contributed by atoms with E-state index in [0.717, 1.165) is 5.69 Å².